The lowest BCUT2D eigenvalue weighted by molar-refractivity contribution is -0.151. The largest absolute Gasteiger partial charge is 0.381 e. The molecule has 3 aliphatic rings. The highest BCUT2D eigenvalue weighted by Crippen LogP contribution is 2.33. The Morgan fingerprint density at radius 2 is 2.05 bits per heavy atom. The number of rotatable bonds is 2. The average Bonchev–Trinajstić information content (AvgIpc) is 2.86. The molecule has 106 valence electrons. The Hall–Kier alpha value is -1.10. The minimum atomic E-state index is -0.579. The molecule has 19 heavy (non-hydrogen) atoms. The highest BCUT2D eigenvalue weighted by atomic mass is 16.5. The zero-order chi connectivity index (χ0) is 13.3. The van der Waals surface area contributed by atoms with Crippen LogP contribution in [0.25, 0.3) is 0 Å². The monoisotopic (exact) mass is 266 g/mol. The van der Waals surface area contributed by atoms with Crippen LogP contribution in [0, 0.1) is 5.92 Å². The van der Waals surface area contributed by atoms with E-state index in [2.05, 4.69) is 5.32 Å². The number of piperazine rings is 1. The molecule has 1 spiro atoms. The molecule has 2 aliphatic heterocycles. The van der Waals surface area contributed by atoms with Gasteiger partial charge < -0.3 is 15.0 Å². The SMILES string of the molecule is O=C1CN(CC2CCCOC2)C(=O)C2(CCCC2)N1. The van der Waals surface area contributed by atoms with E-state index in [4.69, 9.17) is 4.74 Å². The molecule has 5 nitrogen and oxygen atoms in total. The topological polar surface area (TPSA) is 58.6 Å². The minimum absolute atomic E-state index is 0.00164. The maximum absolute atomic E-state index is 12.6. The Bertz CT molecular complexity index is 371. The number of carbonyl (C=O) groups excluding carboxylic acids is 2. The standard InChI is InChI=1S/C14H22N2O3/c17-12-9-16(8-11-4-3-7-19-10-11)13(18)14(15-12)5-1-2-6-14/h11H,1-10H2,(H,15,17). The first-order chi connectivity index (χ1) is 9.20. The second kappa shape index (κ2) is 5.12. The van der Waals surface area contributed by atoms with Gasteiger partial charge in [0.25, 0.3) is 0 Å². The third kappa shape index (κ3) is 2.48. The first-order valence-corrected chi connectivity index (χ1v) is 7.38. The van der Waals surface area contributed by atoms with E-state index in [1.165, 1.54) is 0 Å². The van der Waals surface area contributed by atoms with Crippen molar-refractivity contribution in [1.82, 2.24) is 10.2 Å². The average molecular weight is 266 g/mol. The Balaban J connectivity index is 1.69. The smallest absolute Gasteiger partial charge is 0.248 e. The van der Waals surface area contributed by atoms with Gasteiger partial charge in [-0.1, -0.05) is 12.8 Å². The first kappa shape index (κ1) is 12.9. The molecule has 2 amide bonds. The van der Waals surface area contributed by atoms with E-state index in [1.54, 1.807) is 4.90 Å². The molecular formula is C14H22N2O3. The van der Waals surface area contributed by atoms with Crippen LogP contribution in [0.15, 0.2) is 0 Å². The van der Waals surface area contributed by atoms with E-state index in [0.717, 1.165) is 51.7 Å². The van der Waals surface area contributed by atoms with Gasteiger partial charge in [-0.05, 0) is 31.6 Å². The molecule has 3 rings (SSSR count). The van der Waals surface area contributed by atoms with Gasteiger partial charge >= 0.3 is 0 Å². The predicted molar refractivity (Wildman–Crippen MR) is 69.5 cm³/mol. The molecule has 2 saturated heterocycles. The summed E-state index contributed by atoms with van der Waals surface area (Å²) in [5.74, 6) is 0.524. The van der Waals surface area contributed by atoms with Crippen molar-refractivity contribution in [3.63, 3.8) is 0 Å². The van der Waals surface area contributed by atoms with Crippen molar-refractivity contribution in [3.05, 3.63) is 0 Å². The lowest BCUT2D eigenvalue weighted by Crippen LogP contribution is -2.66. The molecular weight excluding hydrogens is 244 g/mol. The maximum atomic E-state index is 12.6. The molecule has 0 aromatic rings. The van der Waals surface area contributed by atoms with Crippen molar-refractivity contribution in [1.29, 1.82) is 0 Å². The lowest BCUT2D eigenvalue weighted by atomic mass is 9.91. The van der Waals surface area contributed by atoms with Gasteiger partial charge in [0.05, 0.1) is 13.2 Å². The van der Waals surface area contributed by atoms with E-state index in [0.29, 0.717) is 12.5 Å². The van der Waals surface area contributed by atoms with Crippen molar-refractivity contribution in [2.75, 3.05) is 26.3 Å². The summed E-state index contributed by atoms with van der Waals surface area (Å²) in [6, 6.07) is 0. The fraction of sp³-hybridized carbons (Fsp3) is 0.857. The number of ether oxygens (including phenoxy) is 1. The number of nitrogens with zero attached hydrogens (tertiary/aromatic N) is 1. The van der Waals surface area contributed by atoms with Crippen molar-refractivity contribution < 1.29 is 14.3 Å². The van der Waals surface area contributed by atoms with E-state index >= 15 is 0 Å². The fourth-order valence-electron chi connectivity index (χ4n) is 3.64. The van der Waals surface area contributed by atoms with Crippen LogP contribution in [0.5, 0.6) is 0 Å². The number of nitrogens with one attached hydrogen (secondary N) is 1. The molecule has 2 heterocycles. The highest BCUT2D eigenvalue weighted by molar-refractivity contribution is 5.98. The molecule has 1 N–H and O–H groups in total. The minimum Gasteiger partial charge on any atom is -0.381 e. The summed E-state index contributed by atoms with van der Waals surface area (Å²) >= 11 is 0. The summed E-state index contributed by atoms with van der Waals surface area (Å²) in [4.78, 5) is 26.3. The molecule has 1 aliphatic carbocycles. The van der Waals surface area contributed by atoms with Gasteiger partial charge in [-0.15, -0.1) is 0 Å². The second-order valence-electron chi connectivity index (χ2n) is 6.11. The van der Waals surface area contributed by atoms with E-state index in [1.807, 2.05) is 0 Å². The van der Waals surface area contributed by atoms with Crippen LogP contribution in [0.1, 0.15) is 38.5 Å². The van der Waals surface area contributed by atoms with Gasteiger partial charge in [0, 0.05) is 13.2 Å². The van der Waals surface area contributed by atoms with Crippen LogP contribution in [-0.2, 0) is 14.3 Å². The zero-order valence-corrected chi connectivity index (χ0v) is 11.3. The summed E-state index contributed by atoms with van der Waals surface area (Å²) < 4.78 is 5.46. The molecule has 0 radical (unpaired) electrons. The van der Waals surface area contributed by atoms with Gasteiger partial charge in [0.2, 0.25) is 11.8 Å². The normalized spacial score (nSPS) is 30.7. The van der Waals surface area contributed by atoms with Gasteiger partial charge in [-0.2, -0.15) is 0 Å². The van der Waals surface area contributed by atoms with Crippen molar-refractivity contribution in [2.45, 2.75) is 44.1 Å². The molecule has 0 aromatic carbocycles. The van der Waals surface area contributed by atoms with Gasteiger partial charge in [0.1, 0.15) is 5.54 Å². The van der Waals surface area contributed by atoms with E-state index < -0.39 is 5.54 Å². The van der Waals surface area contributed by atoms with E-state index in [9.17, 15) is 9.59 Å². The zero-order valence-electron chi connectivity index (χ0n) is 11.3. The second-order valence-corrected chi connectivity index (χ2v) is 6.11. The molecule has 3 fully saturated rings. The third-order valence-electron chi connectivity index (χ3n) is 4.60. The van der Waals surface area contributed by atoms with Crippen LogP contribution < -0.4 is 5.32 Å². The van der Waals surface area contributed by atoms with Gasteiger partial charge in [-0.25, -0.2) is 0 Å². The summed E-state index contributed by atoms with van der Waals surface area (Å²) in [7, 11) is 0. The van der Waals surface area contributed by atoms with Crippen LogP contribution >= 0.6 is 0 Å². The van der Waals surface area contributed by atoms with Crippen LogP contribution in [-0.4, -0.2) is 48.6 Å². The van der Waals surface area contributed by atoms with Crippen molar-refractivity contribution in [2.24, 2.45) is 5.92 Å². The predicted octanol–water partition coefficient (Wildman–Crippen LogP) is 0.684. The van der Waals surface area contributed by atoms with E-state index in [-0.39, 0.29) is 18.4 Å². The van der Waals surface area contributed by atoms with Crippen molar-refractivity contribution in [3.8, 4) is 0 Å². The van der Waals surface area contributed by atoms with Crippen LogP contribution in [0.4, 0.5) is 0 Å². The van der Waals surface area contributed by atoms with Gasteiger partial charge in [-0.3, -0.25) is 9.59 Å². The number of hydrogen-bond donors (Lipinski definition) is 1. The number of amides is 2. The van der Waals surface area contributed by atoms with Crippen LogP contribution in [0.2, 0.25) is 0 Å². The van der Waals surface area contributed by atoms with Crippen LogP contribution in [0.3, 0.4) is 0 Å². The summed E-state index contributed by atoms with van der Waals surface area (Å²) in [6.45, 7) is 2.44. The molecule has 1 unspecified atom stereocenters. The van der Waals surface area contributed by atoms with Crippen molar-refractivity contribution >= 4 is 11.8 Å². The molecule has 5 heteroatoms. The molecule has 0 aromatic heterocycles. The molecule has 1 saturated carbocycles. The highest BCUT2D eigenvalue weighted by Gasteiger charge is 2.48. The third-order valence-corrected chi connectivity index (χ3v) is 4.60. The maximum Gasteiger partial charge on any atom is 0.248 e. The summed E-state index contributed by atoms with van der Waals surface area (Å²) in [6.07, 6.45) is 5.83. The quantitative estimate of drug-likeness (QED) is 0.800. The Kier molecular flexibility index (Phi) is 3.48. The Labute approximate surface area is 113 Å². The fourth-order valence-corrected chi connectivity index (χ4v) is 3.64. The number of carbonyl (C=O) groups is 2. The summed E-state index contributed by atoms with van der Waals surface area (Å²) in [5, 5.41) is 2.95. The summed E-state index contributed by atoms with van der Waals surface area (Å²) in [5.41, 5.74) is -0.579. The molecule has 1 atom stereocenters. The number of hydrogen-bond acceptors (Lipinski definition) is 3. The molecule has 0 bridgehead atoms. The Morgan fingerprint density at radius 1 is 1.26 bits per heavy atom. The Morgan fingerprint density at radius 3 is 2.74 bits per heavy atom. The van der Waals surface area contributed by atoms with Gasteiger partial charge in [0.15, 0.2) is 0 Å². The first-order valence-electron chi connectivity index (χ1n) is 7.38. The lowest BCUT2D eigenvalue weighted by Gasteiger charge is -2.41.